The van der Waals surface area contributed by atoms with Gasteiger partial charge >= 0.3 is 0 Å². The van der Waals surface area contributed by atoms with E-state index in [4.69, 9.17) is 4.74 Å². The van der Waals surface area contributed by atoms with Crippen LogP contribution in [0.2, 0.25) is 0 Å². The predicted octanol–water partition coefficient (Wildman–Crippen LogP) is 1.20. The van der Waals surface area contributed by atoms with Crippen LogP contribution in [0, 0.1) is 0 Å². The van der Waals surface area contributed by atoms with E-state index in [1.807, 2.05) is 6.92 Å². The van der Waals surface area contributed by atoms with Crippen molar-refractivity contribution < 1.29 is 9.53 Å². The summed E-state index contributed by atoms with van der Waals surface area (Å²) in [6.07, 6.45) is 1.02. The van der Waals surface area contributed by atoms with Crippen molar-refractivity contribution in [2.24, 2.45) is 0 Å². The largest absolute Gasteiger partial charge is 0.383 e. The first-order valence-electron chi connectivity index (χ1n) is 6.80. The molecule has 104 valence electrons. The van der Waals surface area contributed by atoms with Gasteiger partial charge in [0.25, 0.3) is 0 Å². The van der Waals surface area contributed by atoms with Crippen LogP contribution in [0.15, 0.2) is 24.3 Å². The number of nitrogens with zero attached hydrogens (tertiary/aromatic N) is 1. The van der Waals surface area contributed by atoms with Gasteiger partial charge in [0.2, 0.25) is 5.91 Å². The number of benzene rings is 1. The number of hydrogen-bond donors (Lipinski definition) is 1. The normalized spacial score (nSPS) is 16.7. The Morgan fingerprint density at radius 2 is 2.16 bits per heavy atom. The van der Waals surface area contributed by atoms with Crippen molar-refractivity contribution >= 4 is 5.91 Å². The third-order valence-corrected chi connectivity index (χ3v) is 3.69. The van der Waals surface area contributed by atoms with Gasteiger partial charge in [-0.05, 0) is 24.5 Å². The monoisotopic (exact) mass is 262 g/mol. The maximum absolute atomic E-state index is 12.0. The lowest BCUT2D eigenvalue weighted by Gasteiger charge is -2.32. The Bertz CT molecular complexity index is 434. The molecule has 0 bridgehead atoms. The highest BCUT2D eigenvalue weighted by Gasteiger charge is 2.24. The van der Waals surface area contributed by atoms with E-state index in [9.17, 15) is 4.79 Å². The zero-order chi connectivity index (χ0) is 13.7. The molecule has 1 amide bonds. The van der Waals surface area contributed by atoms with E-state index in [1.54, 1.807) is 7.11 Å². The molecule has 0 spiro atoms. The first-order valence-corrected chi connectivity index (χ1v) is 6.80. The molecule has 0 aliphatic carbocycles. The Balaban J connectivity index is 1.91. The number of methoxy groups -OCH3 is 1. The van der Waals surface area contributed by atoms with Crippen molar-refractivity contribution in [2.45, 2.75) is 25.9 Å². The average Bonchev–Trinajstić information content (AvgIpc) is 2.46. The Morgan fingerprint density at radius 1 is 1.42 bits per heavy atom. The molecular formula is C15H22N2O2. The van der Waals surface area contributed by atoms with Gasteiger partial charge in [-0.25, -0.2) is 0 Å². The van der Waals surface area contributed by atoms with Crippen molar-refractivity contribution in [3.05, 3.63) is 35.4 Å². The van der Waals surface area contributed by atoms with Crippen molar-refractivity contribution in [1.29, 1.82) is 0 Å². The van der Waals surface area contributed by atoms with Crippen LogP contribution in [0.5, 0.6) is 0 Å². The molecule has 1 N–H and O–H groups in total. The maximum Gasteiger partial charge on any atom is 0.237 e. The quantitative estimate of drug-likeness (QED) is 0.811. The number of rotatable bonds is 5. The lowest BCUT2D eigenvalue weighted by Crippen LogP contribution is -2.47. The molecule has 1 heterocycles. The zero-order valence-electron chi connectivity index (χ0n) is 11.7. The molecule has 1 aromatic rings. The molecule has 0 radical (unpaired) electrons. The van der Waals surface area contributed by atoms with E-state index in [-0.39, 0.29) is 11.9 Å². The molecule has 0 unspecified atom stereocenters. The predicted molar refractivity (Wildman–Crippen MR) is 74.9 cm³/mol. The van der Waals surface area contributed by atoms with Crippen LogP contribution in [0.1, 0.15) is 18.1 Å². The van der Waals surface area contributed by atoms with Gasteiger partial charge in [0, 0.05) is 26.7 Å². The molecule has 1 aliphatic rings. The summed E-state index contributed by atoms with van der Waals surface area (Å²) in [5.74, 6) is 0.0800. The highest BCUT2D eigenvalue weighted by atomic mass is 16.5. The van der Waals surface area contributed by atoms with Gasteiger partial charge in [0.05, 0.1) is 12.6 Å². The third kappa shape index (κ3) is 3.55. The second-order valence-electron chi connectivity index (χ2n) is 4.95. The number of carbonyl (C=O) groups is 1. The van der Waals surface area contributed by atoms with Gasteiger partial charge in [-0.2, -0.15) is 0 Å². The lowest BCUT2D eigenvalue weighted by molar-refractivity contribution is -0.126. The second kappa shape index (κ2) is 6.68. The number of ether oxygens (including phenoxy) is 1. The SMILES string of the molecule is COCCNC(=O)[C@@H](C)N1CCc2ccccc2C1. The van der Waals surface area contributed by atoms with Crippen LogP contribution in [-0.4, -0.2) is 43.7 Å². The minimum atomic E-state index is -0.0924. The Hall–Kier alpha value is -1.39. The number of hydrogen-bond acceptors (Lipinski definition) is 3. The molecule has 1 aliphatic heterocycles. The molecule has 0 fully saturated rings. The summed E-state index contributed by atoms with van der Waals surface area (Å²) in [4.78, 5) is 14.2. The van der Waals surface area contributed by atoms with E-state index < -0.39 is 0 Å². The fraction of sp³-hybridized carbons (Fsp3) is 0.533. The number of fused-ring (bicyclic) bond motifs is 1. The molecule has 1 atom stereocenters. The summed E-state index contributed by atoms with van der Waals surface area (Å²) in [6, 6.07) is 8.37. The Morgan fingerprint density at radius 3 is 2.89 bits per heavy atom. The molecule has 4 heteroatoms. The molecule has 0 aromatic heterocycles. The first-order chi connectivity index (χ1) is 9.22. The maximum atomic E-state index is 12.0. The standard InChI is InChI=1S/C15H22N2O2/c1-12(15(18)16-8-10-19-2)17-9-7-13-5-3-4-6-14(13)11-17/h3-6,12H,7-11H2,1-2H3,(H,16,18)/t12-/m1/s1. The van der Waals surface area contributed by atoms with Gasteiger partial charge in [-0.1, -0.05) is 24.3 Å². The molecular weight excluding hydrogens is 240 g/mol. The number of carbonyl (C=O) groups excluding carboxylic acids is 1. The summed E-state index contributed by atoms with van der Waals surface area (Å²) in [5.41, 5.74) is 2.75. The van der Waals surface area contributed by atoms with Gasteiger partial charge in [-0.15, -0.1) is 0 Å². The fourth-order valence-corrected chi connectivity index (χ4v) is 2.44. The van der Waals surface area contributed by atoms with E-state index in [0.29, 0.717) is 13.2 Å². The third-order valence-electron chi connectivity index (χ3n) is 3.69. The smallest absolute Gasteiger partial charge is 0.237 e. The first kappa shape index (κ1) is 14.0. The zero-order valence-corrected chi connectivity index (χ0v) is 11.7. The number of nitrogens with one attached hydrogen (secondary N) is 1. The fourth-order valence-electron chi connectivity index (χ4n) is 2.44. The molecule has 2 rings (SSSR count). The molecule has 0 saturated heterocycles. The molecule has 4 nitrogen and oxygen atoms in total. The summed E-state index contributed by atoms with van der Waals surface area (Å²) >= 11 is 0. The van der Waals surface area contributed by atoms with E-state index >= 15 is 0 Å². The molecule has 19 heavy (non-hydrogen) atoms. The highest BCUT2D eigenvalue weighted by Crippen LogP contribution is 2.20. The van der Waals surface area contributed by atoms with Crippen LogP contribution in [0.3, 0.4) is 0 Å². The Labute approximate surface area is 114 Å². The van der Waals surface area contributed by atoms with Crippen molar-refractivity contribution in [2.75, 3.05) is 26.8 Å². The lowest BCUT2D eigenvalue weighted by atomic mass is 9.99. The van der Waals surface area contributed by atoms with Gasteiger partial charge in [0.1, 0.15) is 0 Å². The topological polar surface area (TPSA) is 41.6 Å². The van der Waals surface area contributed by atoms with E-state index in [1.165, 1.54) is 11.1 Å². The summed E-state index contributed by atoms with van der Waals surface area (Å²) < 4.78 is 4.94. The highest BCUT2D eigenvalue weighted by molar-refractivity contribution is 5.81. The van der Waals surface area contributed by atoms with E-state index in [0.717, 1.165) is 19.5 Å². The van der Waals surface area contributed by atoms with Crippen molar-refractivity contribution in [3.63, 3.8) is 0 Å². The van der Waals surface area contributed by atoms with Crippen LogP contribution in [0.4, 0.5) is 0 Å². The van der Waals surface area contributed by atoms with Gasteiger partial charge < -0.3 is 10.1 Å². The molecule has 1 aromatic carbocycles. The summed E-state index contributed by atoms with van der Waals surface area (Å²) in [5, 5.41) is 2.90. The number of amides is 1. The van der Waals surface area contributed by atoms with E-state index in [2.05, 4.69) is 34.5 Å². The summed E-state index contributed by atoms with van der Waals surface area (Å²) in [6.45, 7) is 4.90. The molecule has 0 saturated carbocycles. The second-order valence-corrected chi connectivity index (χ2v) is 4.95. The Kier molecular flexibility index (Phi) is 4.93. The minimum absolute atomic E-state index is 0.0800. The average molecular weight is 262 g/mol. The van der Waals surface area contributed by atoms with Gasteiger partial charge in [0.15, 0.2) is 0 Å². The summed E-state index contributed by atoms with van der Waals surface area (Å²) in [7, 11) is 1.64. The van der Waals surface area contributed by atoms with Crippen LogP contribution >= 0.6 is 0 Å². The van der Waals surface area contributed by atoms with Crippen LogP contribution in [-0.2, 0) is 22.5 Å². The van der Waals surface area contributed by atoms with Crippen LogP contribution in [0.25, 0.3) is 0 Å². The minimum Gasteiger partial charge on any atom is -0.383 e. The van der Waals surface area contributed by atoms with Crippen LogP contribution < -0.4 is 5.32 Å². The van der Waals surface area contributed by atoms with Crippen molar-refractivity contribution in [3.8, 4) is 0 Å². The van der Waals surface area contributed by atoms with Gasteiger partial charge in [-0.3, -0.25) is 9.69 Å². The van der Waals surface area contributed by atoms with Crippen molar-refractivity contribution in [1.82, 2.24) is 10.2 Å².